The van der Waals surface area contributed by atoms with Crippen molar-refractivity contribution in [3.05, 3.63) is 51.3 Å². The first-order valence-corrected chi connectivity index (χ1v) is 10.9. The molecule has 8 nitrogen and oxygen atoms in total. The summed E-state index contributed by atoms with van der Waals surface area (Å²) in [5.74, 6) is 2.83. The van der Waals surface area contributed by atoms with Gasteiger partial charge >= 0.3 is 0 Å². The summed E-state index contributed by atoms with van der Waals surface area (Å²) in [6, 6.07) is 5.94. The van der Waals surface area contributed by atoms with Gasteiger partial charge < -0.3 is 0 Å². The van der Waals surface area contributed by atoms with Crippen LogP contribution in [0.15, 0.2) is 23.0 Å². The van der Waals surface area contributed by atoms with Crippen molar-refractivity contribution in [2.45, 2.75) is 51.1 Å². The van der Waals surface area contributed by atoms with E-state index in [1.807, 2.05) is 35.3 Å². The van der Waals surface area contributed by atoms with Gasteiger partial charge in [-0.15, -0.1) is 10.2 Å². The molecule has 28 heavy (non-hydrogen) atoms. The summed E-state index contributed by atoms with van der Waals surface area (Å²) < 4.78 is 3.49. The molecule has 1 unspecified atom stereocenters. The summed E-state index contributed by atoms with van der Waals surface area (Å²) in [7, 11) is 0. The lowest BCUT2D eigenvalue weighted by Crippen LogP contribution is -2.38. The van der Waals surface area contributed by atoms with E-state index in [4.69, 9.17) is 0 Å². The minimum Gasteiger partial charge on any atom is -0.291 e. The molecular formula is C19H23N7OS. The Hall–Kier alpha value is -2.26. The van der Waals surface area contributed by atoms with Crippen LogP contribution in [-0.4, -0.2) is 52.8 Å². The van der Waals surface area contributed by atoms with Gasteiger partial charge in [0.05, 0.1) is 24.5 Å². The third-order valence-corrected chi connectivity index (χ3v) is 6.60. The standard InChI is InChI=1S/C19H23N7OS/c1-13-4-5-17-20-21-18(26(17)22-13)11-24-7-2-3-15(24)10-25-19(27)9-14-12-28-8-6-16(14)23-25/h4-5,9,15H,2-3,6-8,10-12H2,1H3. The van der Waals surface area contributed by atoms with Gasteiger partial charge in [0.1, 0.15) is 0 Å². The average molecular weight is 398 g/mol. The first kappa shape index (κ1) is 17.8. The third-order valence-electron chi connectivity index (χ3n) is 5.59. The van der Waals surface area contributed by atoms with Gasteiger partial charge in [0.15, 0.2) is 11.5 Å². The largest absolute Gasteiger partial charge is 0.291 e. The van der Waals surface area contributed by atoms with Crippen LogP contribution in [0.5, 0.6) is 0 Å². The van der Waals surface area contributed by atoms with Gasteiger partial charge in [0, 0.05) is 24.3 Å². The molecule has 5 rings (SSSR count). The van der Waals surface area contributed by atoms with E-state index >= 15 is 0 Å². The summed E-state index contributed by atoms with van der Waals surface area (Å²) in [6.45, 7) is 4.26. The van der Waals surface area contributed by atoms with Crippen molar-refractivity contribution < 1.29 is 0 Å². The van der Waals surface area contributed by atoms with E-state index in [1.54, 1.807) is 10.7 Å². The van der Waals surface area contributed by atoms with E-state index in [9.17, 15) is 4.79 Å². The molecule has 0 N–H and O–H groups in total. The number of fused-ring (bicyclic) bond motifs is 2. The summed E-state index contributed by atoms with van der Waals surface area (Å²) in [5, 5.41) is 17.8. The van der Waals surface area contributed by atoms with Crippen LogP contribution in [0.25, 0.3) is 5.65 Å². The number of aryl methyl sites for hydroxylation is 2. The van der Waals surface area contributed by atoms with Gasteiger partial charge in [-0.25, -0.2) is 4.68 Å². The van der Waals surface area contributed by atoms with Gasteiger partial charge in [-0.05, 0) is 49.8 Å². The Morgan fingerprint density at radius 1 is 1.25 bits per heavy atom. The number of hydrogen-bond donors (Lipinski definition) is 0. The molecule has 1 saturated heterocycles. The number of thioether (sulfide) groups is 1. The van der Waals surface area contributed by atoms with Crippen LogP contribution in [0.1, 0.15) is 35.6 Å². The Labute approximate surface area is 167 Å². The second-order valence-electron chi connectivity index (χ2n) is 7.57. The molecule has 9 heteroatoms. The van der Waals surface area contributed by atoms with E-state index in [-0.39, 0.29) is 11.6 Å². The van der Waals surface area contributed by atoms with E-state index in [0.29, 0.717) is 13.1 Å². The van der Waals surface area contributed by atoms with E-state index in [1.165, 1.54) is 0 Å². The van der Waals surface area contributed by atoms with Crippen LogP contribution in [0.3, 0.4) is 0 Å². The highest BCUT2D eigenvalue weighted by Gasteiger charge is 2.27. The molecule has 3 aromatic heterocycles. The number of nitrogens with zero attached hydrogens (tertiary/aromatic N) is 7. The number of likely N-dealkylation sites (tertiary alicyclic amines) is 1. The number of hydrogen-bond acceptors (Lipinski definition) is 7. The van der Waals surface area contributed by atoms with Gasteiger partial charge in [0.25, 0.3) is 5.56 Å². The maximum atomic E-state index is 12.6. The maximum absolute atomic E-state index is 12.6. The molecule has 0 saturated carbocycles. The summed E-state index contributed by atoms with van der Waals surface area (Å²) in [6.07, 6.45) is 3.12. The fourth-order valence-electron chi connectivity index (χ4n) is 4.10. The van der Waals surface area contributed by atoms with E-state index in [0.717, 1.165) is 65.7 Å². The maximum Gasteiger partial charge on any atom is 0.267 e. The monoisotopic (exact) mass is 397 g/mol. The van der Waals surface area contributed by atoms with Crippen molar-refractivity contribution in [1.82, 2.24) is 34.5 Å². The zero-order valence-corrected chi connectivity index (χ0v) is 16.7. The van der Waals surface area contributed by atoms with Crippen molar-refractivity contribution >= 4 is 17.4 Å². The fourth-order valence-corrected chi connectivity index (χ4v) is 5.05. The van der Waals surface area contributed by atoms with Crippen molar-refractivity contribution in [2.24, 2.45) is 0 Å². The van der Waals surface area contributed by atoms with Gasteiger partial charge in [-0.3, -0.25) is 9.69 Å². The molecule has 2 aliphatic heterocycles. The van der Waals surface area contributed by atoms with Gasteiger partial charge in [0.2, 0.25) is 0 Å². The normalized spacial score (nSPS) is 20.0. The molecule has 0 radical (unpaired) electrons. The van der Waals surface area contributed by atoms with E-state index in [2.05, 4.69) is 25.3 Å². The molecule has 0 aliphatic carbocycles. The smallest absolute Gasteiger partial charge is 0.267 e. The van der Waals surface area contributed by atoms with Crippen LogP contribution in [0.2, 0.25) is 0 Å². The zero-order chi connectivity index (χ0) is 19.1. The predicted molar refractivity (Wildman–Crippen MR) is 107 cm³/mol. The minimum absolute atomic E-state index is 0.0123. The number of rotatable bonds is 4. The molecule has 3 aromatic rings. The average Bonchev–Trinajstić information content (AvgIpc) is 3.30. The minimum atomic E-state index is 0.0123. The lowest BCUT2D eigenvalue weighted by Gasteiger charge is -2.24. The molecule has 5 heterocycles. The fraction of sp³-hybridized carbons (Fsp3) is 0.526. The zero-order valence-electron chi connectivity index (χ0n) is 15.9. The Balaban J connectivity index is 1.37. The molecule has 1 atom stereocenters. The molecular weight excluding hydrogens is 374 g/mol. The molecule has 2 aliphatic rings. The van der Waals surface area contributed by atoms with Crippen LogP contribution in [0.4, 0.5) is 0 Å². The Morgan fingerprint density at radius 2 is 2.18 bits per heavy atom. The van der Waals surface area contributed by atoms with E-state index < -0.39 is 0 Å². The van der Waals surface area contributed by atoms with Gasteiger partial charge in [-0.2, -0.15) is 26.5 Å². The predicted octanol–water partition coefficient (Wildman–Crippen LogP) is 1.44. The van der Waals surface area contributed by atoms with Crippen molar-refractivity contribution in [2.75, 3.05) is 12.3 Å². The Bertz CT molecular complexity index is 1080. The van der Waals surface area contributed by atoms with Crippen LogP contribution < -0.4 is 5.56 Å². The van der Waals surface area contributed by atoms with Crippen molar-refractivity contribution in [3.8, 4) is 0 Å². The molecule has 0 aromatic carbocycles. The first-order valence-electron chi connectivity index (χ1n) is 9.77. The Kier molecular flexibility index (Phi) is 4.64. The highest BCUT2D eigenvalue weighted by Crippen LogP contribution is 2.23. The van der Waals surface area contributed by atoms with Crippen molar-refractivity contribution in [3.63, 3.8) is 0 Å². The van der Waals surface area contributed by atoms with Crippen molar-refractivity contribution in [1.29, 1.82) is 0 Å². The molecule has 0 spiro atoms. The molecule has 146 valence electrons. The Morgan fingerprint density at radius 3 is 3.11 bits per heavy atom. The second kappa shape index (κ2) is 7.29. The SMILES string of the molecule is Cc1ccc2nnc(CN3CCCC3Cn3nc4c(cc3=O)CSCC4)n2n1. The molecule has 1 fully saturated rings. The number of aromatic nitrogens is 6. The van der Waals surface area contributed by atoms with Crippen LogP contribution >= 0.6 is 11.8 Å². The highest BCUT2D eigenvalue weighted by atomic mass is 32.2. The van der Waals surface area contributed by atoms with Gasteiger partial charge in [-0.1, -0.05) is 0 Å². The molecule has 0 bridgehead atoms. The second-order valence-corrected chi connectivity index (χ2v) is 8.67. The first-order chi connectivity index (χ1) is 13.7. The lowest BCUT2D eigenvalue weighted by molar-refractivity contribution is 0.210. The van der Waals surface area contributed by atoms with Crippen LogP contribution in [-0.2, 0) is 25.3 Å². The third kappa shape index (κ3) is 3.33. The molecule has 0 amide bonds. The topological polar surface area (TPSA) is 81.2 Å². The lowest BCUT2D eigenvalue weighted by atomic mass is 10.2. The summed E-state index contributed by atoms with van der Waals surface area (Å²) in [5.41, 5.74) is 3.91. The highest BCUT2D eigenvalue weighted by molar-refractivity contribution is 7.98. The summed E-state index contributed by atoms with van der Waals surface area (Å²) in [4.78, 5) is 14.9. The quantitative estimate of drug-likeness (QED) is 0.659. The summed E-state index contributed by atoms with van der Waals surface area (Å²) >= 11 is 1.87. The van der Waals surface area contributed by atoms with Crippen LogP contribution in [0, 0.1) is 6.92 Å².